The van der Waals surface area contributed by atoms with Gasteiger partial charge in [-0.15, -0.1) is 0 Å². The van der Waals surface area contributed by atoms with E-state index in [4.69, 9.17) is 0 Å². The molecular weight excluding hydrogens is 529 g/mol. The summed E-state index contributed by atoms with van der Waals surface area (Å²) in [6, 6.07) is 11.2. The monoisotopic (exact) mass is 562 g/mol. The molecule has 0 atom stereocenters. The van der Waals surface area contributed by atoms with Crippen LogP contribution in [0.2, 0.25) is 0 Å². The molecule has 0 radical (unpaired) electrons. The Morgan fingerprint density at radius 1 is 0.892 bits per heavy atom. The van der Waals surface area contributed by atoms with Crippen LogP contribution in [0.3, 0.4) is 0 Å². The van der Waals surface area contributed by atoms with Crippen LogP contribution in [-0.2, 0) is 33.0 Å². The maximum absolute atomic E-state index is 13.5. The first-order chi connectivity index (χ1) is 17.1. The van der Waals surface area contributed by atoms with Crippen molar-refractivity contribution in [2.75, 3.05) is 51.7 Å². The Bertz CT molecular complexity index is 1270. The molecule has 1 fully saturated rings. The molecule has 2 aromatic carbocycles. The van der Waals surface area contributed by atoms with Gasteiger partial charge in [-0.1, -0.05) is 32.0 Å². The van der Waals surface area contributed by atoms with Crippen molar-refractivity contribution in [1.82, 2.24) is 12.9 Å². The average molecular weight is 563 g/mol. The zero-order valence-electron chi connectivity index (χ0n) is 21.3. The molecule has 0 saturated carbocycles. The van der Waals surface area contributed by atoms with E-state index in [9.17, 15) is 30.0 Å². The third-order valence-electron chi connectivity index (χ3n) is 6.10. The fourth-order valence-corrected chi connectivity index (χ4v) is 6.83. The summed E-state index contributed by atoms with van der Waals surface area (Å²) in [6.07, 6.45) is -4.60. The van der Waals surface area contributed by atoms with Crippen molar-refractivity contribution in [2.24, 2.45) is 5.92 Å². The Balaban J connectivity index is 1.81. The lowest BCUT2D eigenvalue weighted by atomic mass is 10.1. The van der Waals surface area contributed by atoms with Crippen LogP contribution in [-0.4, -0.2) is 76.6 Å². The summed E-state index contributed by atoms with van der Waals surface area (Å²) in [7, 11) is -4.64. The van der Waals surface area contributed by atoms with Crippen molar-refractivity contribution in [2.45, 2.75) is 31.5 Å². The van der Waals surface area contributed by atoms with E-state index in [1.807, 2.05) is 4.90 Å². The largest absolute Gasteiger partial charge is 0.416 e. The highest BCUT2D eigenvalue weighted by atomic mass is 32.2. The van der Waals surface area contributed by atoms with E-state index in [1.54, 1.807) is 26.0 Å². The van der Waals surface area contributed by atoms with Crippen molar-refractivity contribution in [3.63, 3.8) is 0 Å². The number of rotatable bonds is 9. The third-order valence-corrected chi connectivity index (χ3v) is 9.87. The number of sulfonamides is 1. The van der Waals surface area contributed by atoms with E-state index in [-0.39, 0.29) is 22.9 Å². The fourth-order valence-electron chi connectivity index (χ4n) is 4.17. The molecule has 37 heavy (non-hydrogen) atoms. The number of alkyl halides is 3. The SMILES string of the molecule is CC(C)CN(Cc1ccccc1C(F)(F)F)S(=O)(=O)c1ccc(N2CCN(S(=O)(=O)N(C)C)CC2)cc1. The summed E-state index contributed by atoms with van der Waals surface area (Å²) in [4.78, 5) is 1.94. The smallest absolute Gasteiger partial charge is 0.369 e. The molecule has 1 saturated heterocycles. The topological polar surface area (TPSA) is 81.2 Å². The zero-order valence-corrected chi connectivity index (χ0v) is 22.9. The van der Waals surface area contributed by atoms with Gasteiger partial charge in [-0.05, 0) is 41.8 Å². The van der Waals surface area contributed by atoms with Crippen LogP contribution < -0.4 is 4.90 Å². The van der Waals surface area contributed by atoms with Gasteiger partial charge in [-0.25, -0.2) is 8.42 Å². The fraction of sp³-hybridized carbons (Fsp3) is 0.500. The van der Waals surface area contributed by atoms with Gasteiger partial charge in [0.1, 0.15) is 0 Å². The molecule has 0 aliphatic carbocycles. The maximum Gasteiger partial charge on any atom is 0.416 e. The standard InChI is InChI=1S/C24H33F3N4O4S2/c1-19(2)17-31(18-20-7-5-6-8-23(20)24(25,26)27)36(32,33)22-11-9-21(10-12-22)29-13-15-30(16-14-29)37(34,35)28(3)4/h5-12,19H,13-18H2,1-4H3. The van der Waals surface area contributed by atoms with Crippen LogP contribution in [0.25, 0.3) is 0 Å². The van der Waals surface area contributed by atoms with Crippen molar-refractivity contribution < 1.29 is 30.0 Å². The van der Waals surface area contributed by atoms with E-state index in [2.05, 4.69) is 0 Å². The maximum atomic E-state index is 13.5. The number of hydrogen-bond donors (Lipinski definition) is 0. The minimum absolute atomic E-state index is 0.0183. The average Bonchev–Trinajstić information content (AvgIpc) is 2.83. The van der Waals surface area contributed by atoms with Crippen molar-refractivity contribution in [3.8, 4) is 0 Å². The van der Waals surface area contributed by atoms with Gasteiger partial charge in [0.25, 0.3) is 10.2 Å². The van der Waals surface area contributed by atoms with Crippen molar-refractivity contribution in [1.29, 1.82) is 0 Å². The first-order valence-corrected chi connectivity index (χ1v) is 14.7. The molecule has 0 bridgehead atoms. The van der Waals surface area contributed by atoms with Crippen LogP contribution in [0.4, 0.5) is 18.9 Å². The predicted molar refractivity (Wildman–Crippen MR) is 137 cm³/mol. The van der Waals surface area contributed by atoms with Crippen LogP contribution in [0.15, 0.2) is 53.4 Å². The van der Waals surface area contributed by atoms with Crippen LogP contribution in [0, 0.1) is 5.92 Å². The summed E-state index contributed by atoms with van der Waals surface area (Å²) in [5, 5.41) is 0. The Morgan fingerprint density at radius 2 is 1.46 bits per heavy atom. The number of anilines is 1. The van der Waals surface area contributed by atoms with Gasteiger partial charge >= 0.3 is 6.18 Å². The van der Waals surface area contributed by atoms with Crippen LogP contribution in [0.1, 0.15) is 25.0 Å². The van der Waals surface area contributed by atoms with Gasteiger partial charge in [0, 0.05) is 59.1 Å². The molecular formula is C24H33F3N4O4S2. The molecule has 0 spiro atoms. The predicted octanol–water partition coefficient (Wildman–Crippen LogP) is 3.48. The molecule has 0 amide bonds. The highest BCUT2D eigenvalue weighted by Gasteiger charge is 2.35. The van der Waals surface area contributed by atoms with E-state index < -0.39 is 38.5 Å². The highest BCUT2D eigenvalue weighted by Crippen LogP contribution is 2.33. The number of halogens is 3. The molecule has 8 nitrogen and oxygen atoms in total. The summed E-state index contributed by atoms with van der Waals surface area (Å²) in [5.74, 6) is -0.109. The van der Waals surface area contributed by atoms with Gasteiger partial charge in [0.2, 0.25) is 10.0 Å². The summed E-state index contributed by atoms with van der Waals surface area (Å²) in [5.41, 5.74) is -0.232. The lowest BCUT2D eigenvalue weighted by Gasteiger charge is -2.36. The summed E-state index contributed by atoms with van der Waals surface area (Å²) < 4.78 is 95.8. The molecule has 3 rings (SSSR count). The van der Waals surface area contributed by atoms with Crippen LogP contribution >= 0.6 is 0 Å². The van der Waals surface area contributed by atoms with Crippen molar-refractivity contribution >= 4 is 25.9 Å². The van der Waals surface area contributed by atoms with E-state index >= 15 is 0 Å². The van der Waals surface area contributed by atoms with Gasteiger partial charge < -0.3 is 4.90 Å². The number of hydrogen-bond acceptors (Lipinski definition) is 5. The van der Waals surface area contributed by atoms with E-state index in [1.165, 1.54) is 53.0 Å². The van der Waals surface area contributed by atoms with Gasteiger partial charge in [-0.2, -0.15) is 34.5 Å². The van der Waals surface area contributed by atoms with Gasteiger partial charge in [-0.3, -0.25) is 0 Å². The molecule has 0 N–H and O–H groups in total. The molecule has 1 aliphatic heterocycles. The van der Waals surface area contributed by atoms with Gasteiger partial charge in [0.15, 0.2) is 0 Å². The Morgan fingerprint density at radius 3 is 1.97 bits per heavy atom. The normalized spacial score (nSPS) is 16.2. The number of nitrogens with zero attached hydrogens (tertiary/aromatic N) is 4. The highest BCUT2D eigenvalue weighted by molar-refractivity contribution is 7.89. The first kappa shape index (κ1) is 29.4. The summed E-state index contributed by atoms with van der Waals surface area (Å²) >= 11 is 0. The quantitative estimate of drug-likeness (QED) is 0.468. The Labute approximate surface area is 217 Å². The second-order valence-corrected chi connectivity index (χ2v) is 13.6. The minimum Gasteiger partial charge on any atom is -0.369 e. The molecule has 0 aromatic heterocycles. The Hall–Kier alpha value is -2.19. The summed E-state index contributed by atoms with van der Waals surface area (Å²) in [6.45, 7) is 4.72. The number of benzene rings is 2. The molecule has 13 heteroatoms. The lowest BCUT2D eigenvalue weighted by Crippen LogP contribution is -2.51. The molecule has 2 aromatic rings. The van der Waals surface area contributed by atoms with Gasteiger partial charge in [0.05, 0.1) is 10.5 Å². The van der Waals surface area contributed by atoms with Crippen LogP contribution in [0.5, 0.6) is 0 Å². The second kappa shape index (κ2) is 11.3. The Kier molecular flexibility index (Phi) is 8.95. The zero-order chi connectivity index (χ0) is 27.6. The molecule has 1 aliphatic rings. The lowest BCUT2D eigenvalue weighted by molar-refractivity contribution is -0.138. The van der Waals surface area contributed by atoms with Crippen molar-refractivity contribution in [3.05, 3.63) is 59.7 Å². The third kappa shape index (κ3) is 6.82. The molecule has 0 unspecified atom stereocenters. The molecule has 206 valence electrons. The number of piperazine rings is 1. The molecule has 1 heterocycles. The minimum atomic E-state index is -4.60. The van der Waals surface area contributed by atoms with E-state index in [0.717, 1.165) is 16.1 Å². The second-order valence-electron chi connectivity index (χ2n) is 9.52. The van der Waals surface area contributed by atoms with E-state index in [0.29, 0.717) is 26.2 Å². The first-order valence-electron chi connectivity index (χ1n) is 11.8.